The van der Waals surface area contributed by atoms with Gasteiger partial charge in [0.1, 0.15) is 11.3 Å². The Balaban J connectivity index is 3.35. The van der Waals surface area contributed by atoms with Gasteiger partial charge in [0.15, 0.2) is 6.29 Å². The van der Waals surface area contributed by atoms with Crippen molar-refractivity contribution in [3.05, 3.63) is 29.3 Å². The summed E-state index contributed by atoms with van der Waals surface area (Å²) in [4.78, 5) is 10.4. The van der Waals surface area contributed by atoms with E-state index in [4.69, 9.17) is 0 Å². The lowest BCUT2D eigenvalue weighted by Gasteiger charge is -2.16. The predicted molar refractivity (Wildman–Crippen MR) is 43.5 cm³/mol. The lowest BCUT2D eigenvalue weighted by atomic mass is 10.1. The van der Waals surface area contributed by atoms with Gasteiger partial charge >= 0.3 is 12.5 Å². The van der Waals surface area contributed by atoms with Crippen molar-refractivity contribution in [3.8, 4) is 5.75 Å². The van der Waals surface area contributed by atoms with Crippen LogP contribution in [-0.2, 0) is 6.18 Å². The van der Waals surface area contributed by atoms with E-state index in [2.05, 4.69) is 4.74 Å². The second-order valence-corrected chi connectivity index (χ2v) is 2.88. The summed E-state index contributed by atoms with van der Waals surface area (Å²) in [6.45, 7) is 0. The van der Waals surface area contributed by atoms with E-state index in [0.29, 0.717) is 6.07 Å². The van der Waals surface area contributed by atoms with Crippen LogP contribution in [0.2, 0.25) is 0 Å². The highest BCUT2D eigenvalue weighted by Gasteiger charge is 2.41. The normalized spacial score (nSPS) is 12.4. The van der Waals surface area contributed by atoms with Crippen LogP contribution in [0.5, 0.6) is 5.75 Å². The molecule has 94 valence electrons. The highest BCUT2D eigenvalue weighted by Crippen LogP contribution is 2.40. The lowest BCUT2D eigenvalue weighted by molar-refractivity contribution is -0.276. The SMILES string of the molecule is O=Cc1cccc(OC(F)(F)F)c1C(F)(F)F. The molecule has 1 aromatic carbocycles. The summed E-state index contributed by atoms with van der Waals surface area (Å²) in [6, 6.07) is 2.10. The first-order valence-electron chi connectivity index (χ1n) is 4.06. The van der Waals surface area contributed by atoms with E-state index in [9.17, 15) is 31.1 Å². The lowest BCUT2D eigenvalue weighted by Crippen LogP contribution is -2.21. The second kappa shape index (κ2) is 4.27. The minimum absolute atomic E-state index is 0.188. The van der Waals surface area contributed by atoms with E-state index in [1.54, 1.807) is 0 Å². The first kappa shape index (κ1) is 13.3. The minimum Gasteiger partial charge on any atom is -0.405 e. The molecule has 2 nitrogen and oxygen atoms in total. The van der Waals surface area contributed by atoms with Crippen molar-refractivity contribution in [2.75, 3.05) is 0 Å². The molecule has 0 amide bonds. The molecule has 0 aliphatic heterocycles. The standard InChI is InChI=1S/C9H4F6O2/c10-8(11,12)7-5(4-16)2-1-3-6(7)17-9(13,14)15/h1-4H. The van der Waals surface area contributed by atoms with E-state index in [-0.39, 0.29) is 6.29 Å². The molecule has 17 heavy (non-hydrogen) atoms. The summed E-state index contributed by atoms with van der Waals surface area (Å²) in [5, 5.41) is 0. The first-order chi connectivity index (χ1) is 7.65. The Labute approximate surface area is 90.8 Å². The molecule has 1 aromatic rings. The molecule has 0 heterocycles. The Kier molecular flexibility index (Phi) is 3.35. The van der Waals surface area contributed by atoms with Crippen LogP contribution in [0.3, 0.4) is 0 Å². The van der Waals surface area contributed by atoms with E-state index in [1.807, 2.05) is 0 Å². The maximum Gasteiger partial charge on any atom is 0.573 e. The zero-order valence-corrected chi connectivity index (χ0v) is 7.89. The highest BCUT2D eigenvalue weighted by molar-refractivity contribution is 5.79. The van der Waals surface area contributed by atoms with Crippen LogP contribution in [0, 0.1) is 0 Å². The maximum absolute atomic E-state index is 12.5. The molecule has 1 rings (SSSR count). The number of hydrogen-bond acceptors (Lipinski definition) is 2. The molecule has 0 fully saturated rings. The molecule has 0 aliphatic carbocycles. The average molecular weight is 258 g/mol. The molecule has 8 heteroatoms. The fourth-order valence-corrected chi connectivity index (χ4v) is 1.16. The summed E-state index contributed by atoms with van der Waals surface area (Å²) in [5.74, 6) is -1.45. The van der Waals surface area contributed by atoms with Gasteiger partial charge in [-0.25, -0.2) is 0 Å². The maximum atomic E-state index is 12.5. The molecule has 0 radical (unpaired) electrons. The predicted octanol–water partition coefficient (Wildman–Crippen LogP) is 3.42. The number of benzene rings is 1. The highest BCUT2D eigenvalue weighted by atomic mass is 19.4. The van der Waals surface area contributed by atoms with E-state index in [0.717, 1.165) is 12.1 Å². The second-order valence-electron chi connectivity index (χ2n) is 2.88. The van der Waals surface area contributed by atoms with Crippen molar-refractivity contribution in [2.24, 2.45) is 0 Å². The molecule has 0 saturated heterocycles. The largest absolute Gasteiger partial charge is 0.573 e. The third kappa shape index (κ3) is 3.36. The van der Waals surface area contributed by atoms with E-state index >= 15 is 0 Å². The quantitative estimate of drug-likeness (QED) is 0.600. The zero-order valence-electron chi connectivity index (χ0n) is 7.89. The topological polar surface area (TPSA) is 26.3 Å². The molecule has 0 bridgehead atoms. The van der Waals surface area contributed by atoms with Gasteiger partial charge in [-0.1, -0.05) is 12.1 Å². The summed E-state index contributed by atoms with van der Waals surface area (Å²) >= 11 is 0. The van der Waals surface area contributed by atoms with Gasteiger partial charge in [0, 0.05) is 5.56 Å². The fraction of sp³-hybridized carbons (Fsp3) is 0.222. The number of alkyl halides is 6. The molecule has 0 N–H and O–H groups in total. The first-order valence-corrected chi connectivity index (χ1v) is 4.06. The number of hydrogen-bond donors (Lipinski definition) is 0. The summed E-state index contributed by atoms with van der Waals surface area (Å²) < 4.78 is 76.2. The Morgan fingerprint density at radius 3 is 2.06 bits per heavy atom. The van der Waals surface area contributed by atoms with Crippen LogP contribution in [0.25, 0.3) is 0 Å². The third-order valence-electron chi connectivity index (χ3n) is 1.69. The van der Waals surface area contributed by atoms with E-state index < -0.39 is 29.4 Å². The van der Waals surface area contributed by atoms with Crippen molar-refractivity contribution in [1.29, 1.82) is 0 Å². The van der Waals surface area contributed by atoms with Gasteiger partial charge in [-0.05, 0) is 6.07 Å². The molecular formula is C9H4F6O2. The van der Waals surface area contributed by atoms with Gasteiger partial charge in [-0.15, -0.1) is 13.2 Å². The smallest absolute Gasteiger partial charge is 0.405 e. The van der Waals surface area contributed by atoms with Crippen LogP contribution in [0.1, 0.15) is 15.9 Å². The number of ether oxygens (including phenoxy) is 1. The Bertz CT molecular complexity index is 420. The van der Waals surface area contributed by atoms with Gasteiger partial charge in [0.05, 0.1) is 0 Å². The van der Waals surface area contributed by atoms with Crippen molar-refractivity contribution in [2.45, 2.75) is 12.5 Å². The Hall–Kier alpha value is -1.73. The molecule has 0 atom stereocenters. The van der Waals surface area contributed by atoms with E-state index in [1.165, 1.54) is 0 Å². The minimum atomic E-state index is -5.26. The molecule has 0 aliphatic rings. The third-order valence-corrected chi connectivity index (χ3v) is 1.69. The number of aldehydes is 1. The van der Waals surface area contributed by atoms with Crippen LogP contribution in [0.15, 0.2) is 18.2 Å². The Morgan fingerprint density at radius 1 is 1.06 bits per heavy atom. The Morgan fingerprint density at radius 2 is 1.65 bits per heavy atom. The van der Waals surface area contributed by atoms with Crippen LogP contribution in [0.4, 0.5) is 26.3 Å². The molecule has 0 spiro atoms. The molecule has 0 saturated carbocycles. The molecular weight excluding hydrogens is 254 g/mol. The number of halogens is 6. The monoisotopic (exact) mass is 258 g/mol. The summed E-state index contributed by atoms with van der Waals surface area (Å²) in [6.07, 6.45) is -10.6. The van der Waals surface area contributed by atoms with Crippen molar-refractivity contribution < 1.29 is 35.9 Å². The van der Waals surface area contributed by atoms with Gasteiger partial charge in [-0.3, -0.25) is 4.79 Å². The van der Waals surface area contributed by atoms with Gasteiger partial charge < -0.3 is 4.74 Å². The van der Waals surface area contributed by atoms with Crippen molar-refractivity contribution >= 4 is 6.29 Å². The van der Waals surface area contributed by atoms with Gasteiger partial charge in [0.2, 0.25) is 0 Å². The molecule has 0 unspecified atom stereocenters. The van der Waals surface area contributed by atoms with Crippen LogP contribution in [-0.4, -0.2) is 12.6 Å². The fourth-order valence-electron chi connectivity index (χ4n) is 1.16. The molecule has 0 aromatic heterocycles. The van der Waals surface area contributed by atoms with Crippen molar-refractivity contribution in [1.82, 2.24) is 0 Å². The van der Waals surface area contributed by atoms with Crippen molar-refractivity contribution in [3.63, 3.8) is 0 Å². The summed E-state index contributed by atoms with van der Waals surface area (Å²) in [7, 11) is 0. The van der Waals surface area contributed by atoms with Gasteiger partial charge in [0.25, 0.3) is 0 Å². The van der Waals surface area contributed by atoms with Crippen LogP contribution >= 0.6 is 0 Å². The average Bonchev–Trinajstić information content (AvgIpc) is 2.12. The number of rotatable bonds is 2. The van der Waals surface area contributed by atoms with Gasteiger partial charge in [-0.2, -0.15) is 13.2 Å². The zero-order chi connectivity index (χ0) is 13.3. The summed E-state index contributed by atoms with van der Waals surface area (Å²) in [5.41, 5.74) is -2.66. The number of carbonyl (C=O) groups is 1. The van der Waals surface area contributed by atoms with Crippen LogP contribution < -0.4 is 4.74 Å². The number of carbonyl (C=O) groups excluding carboxylic acids is 1.